The van der Waals surface area contributed by atoms with E-state index in [1.807, 2.05) is 17.0 Å². The van der Waals surface area contributed by atoms with E-state index < -0.39 is 0 Å². The third kappa shape index (κ3) is 5.08. The fourth-order valence-corrected chi connectivity index (χ4v) is 4.05. The highest BCUT2D eigenvalue weighted by Crippen LogP contribution is 2.28. The van der Waals surface area contributed by atoms with E-state index in [1.54, 1.807) is 11.4 Å². The summed E-state index contributed by atoms with van der Waals surface area (Å²) < 4.78 is 0. The minimum atomic E-state index is 0. The maximum Gasteiger partial charge on any atom is 0.273 e. The summed E-state index contributed by atoms with van der Waals surface area (Å²) in [6, 6.07) is 5.58. The van der Waals surface area contributed by atoms with Crippen molar-refractivity contribution in [3.05, 3.63) is 49.9 Å². The number of rotatable bonds is 4. The third-order valence-corrected chi connectivity index (χ3v) is 5.84. The molecule has 0 saturated carbocycles. The van der Waals surface area contributed by atoms with Gasteiger partial charge < -0.3 is 10.6 Å². The van der Waals surface area contributed by atoms with Gasteiger partial charge in [0.1, 0.15) is 10.7 Å². The molecule has 1 aliphatic heterocycles. The van der Waals surface area contributed by atoms with Crippen molar-refractivity contribution >= 4 is 52.9 Å². The van der Waals surface area contributed by atoms with Crippen LogP contribution in [-0.4, -0.2) is 28.9 Å². The second-order valence-electron chi connectivity index (χ2n) is 6.01. The second kappa shape index (κ2) is 9.19. The molecule has 0 spiro atoms. The van der Waals surface area contributed by atoms with Gasteiger partial charge in [-0.25, -0.2) is 4.98 Å². The van der Waals surface area contributed by atoms with Crippen LogP contribution in [0, 0.1) is 5.92 Å². The molecule has 1 saturated heterocycles. The van der Waals surface area contributed by atoms with Crippen LogP contribution >= 0.6 is 46.9 Å². The minimum absolute atomic E-state index is 0. The van der Waals surface area contributed by atoms with Crippen LogP contribution < -0.4 is 5.73 Å². The Morgan fingerprint density at radius 1 is 1.32 bits per heavy atom. The fourth-order valence-electron chi connectivity index (χ4n) is 3.02. The number of likely N-dealkylation sites (tertiary alicyclic amines) is 1. The van der Waals surface area contributed by atoms with E-state index in [-0.39, 0.29) is 18.3 Å². The Kier molecular flexibility index (Phi) is 7.52. The summed E-state index contributed by atoms with van der Waals surface area (Å²) in [7, 11) is 0. The molecule has 0 radical (unpaired) electrons. The predicted molar refractivity (Wildman–Crippen MR) is 106 cm³/mol. The average molecular weight is 421 g/mol. The molecule has 0 bridgehead atoms. The quantitative estimate of drug-likeness (QED) is 0.796. The zero-order chi connectivity index (χ0) is 17.1. The average Bonchev–Trinajstić information content (AvgIpc) is 3.07. The van der Waals surface area contributed by atoms with E-state index in [9.17, 15) is 4.79 Å². The van der Waals surface area contributed by atoms with Crippen LogP contribution in [0.2, 0.25) is 10.0 Å². The molecule has 2 aromatic rings. The van der Waals surface area contributed by atoms with Crippen LogP contribution in [0.25, 0.3) is 0 Å². The summed E-state index contributed by atoms with van der Waals surface area (Å²) in [6.07, 6.45) is 2.82. The number of aromatic nitrogens is 1. The molecule has 2 N–H and O–H groups in total. The lowest BCUT2D eigenvalue weighted by Crippen LogP contribution is -2.39. The number of nitrogens with zero attached hydrogens (tertiary/aromatic N) is 2. The molecule has 1 fully saturated rings. The molecule has 4 nitrogen and oxygen atoms in total. The lowest BCUT2D eigenvalue weighted by Gasteiger charge is -2.31. The van der Waals surface area contributed by atoms with Crippen molar-refractivity contribution in [2.24, 2.45) is 11.7 Å². The van der Waals surface area contributed by atoms with Crippen LogP contribution in [-0.2, 0) is 13.0 Å². The van der Waals surface area contributed by atoms with E-state index in [0.717, 1.165) is 47.9 Å². The molecule has 3 rings (SSSR count). The Morgan fingerprint density at radius 2 is 2.04 bits per heavy atom. The van der Waals surface area contributed by atoms with Gasteiger partial charge in [-0.05, 0) is 48.9 Å². The Balaban J connectivity index is 0.00000225. The lowest BCUT2D eigenvalue weighted by atomic mass is 9.90. The Labute approximate surface area is 167 Å². The molecular formula is C17H20Cl3N3OS. The van der Waals surface area contributed by atoms with Crippen LogP contribution in [0.1, 0.15) is 33.9 Å². The van der Waals surface area contributed by atoms with Crippen molar-refractivity contribution in [3.63, 3.8) is 0 Å². The van der Waals surface area contributed by atoms with Crippen LogP contribution in [0.15, 0.2) is 23.6 Å². The highest BCUT2D eigenvalue weighted by atomic mass is 35.5. The lowest BCUT2D eigenvalue weighted by molar-refractivity contribution is 0.0685. The molecule has 0 aliphatic carbocycles. The number of piperidine rings is 1. The number of hydrogen-bond acceptors (Lipinski definition) is 4. The number of nitrogens with two attached hydrogens (primary N) is 1. The monoisotopic (exact) mass is 419 g/mol. The van der Waals surface area contributed by atoms with Gasteiger partial charge in [0, 0.05) is 35.1 Å². The SMILES string of the molecule is Cl.NCc1nc(C(=O)N2CCC(Cc3cc(Cl)ccc3Cl)CC2)cs1. The summed E-state index contributed by atoms with van der Waals surface area (Å²) in [5, 5.41) is 4.06. The van der Waals surface area contributed by atoms with Crippen molar-refractivity contribution in [3.8, 4) is 0 Å². The third-order valence-electron chi connectivity index (χ3n) is 4.36. The summed E-state index contributed by atoms with van der Waals surface area (Å²) in [6.45, 7) is 1.87. The van der Waals surface area contributed by atoms with E-state index in [0.29, 0.717) is 23.2 Å². The first-order valence-electron chi connectivity index (χ1n) is 7.94. The van der Waals surface area contributed by atoms with E-state index in [4.69, 9.17) is 28.9 Å². The number of carbonyl (C=O) groups excluding carboxylic acids is 1. The predicted octanol–water partition coefficient (Wildman–Crippen LogP) is 4.43. The molecule has 1 amide bonds. The zero-order valence-corrected chi connectivity index (χ0v) is 16.7. The normalized spacial score (nSPS) is 15.1. The van der Waals surface area contributed by atoms with Crippen molar-refractivity contribution in [1.82, 2.24) is 9.88 Å². The highest BCUT2D eigenvalue weighted by Gasteiger charge is 2.25. The van der Waals surface area contributed by atoms with E-state index in [2.05, 4.69) is 4.98 Å². The van der Waals surface area contributed by atoms with Crippen molar-refractivity contribution in [2.75, 3.05) is 13.1 Å². The van der Waals surface area contributed by atoms with Gasteiger partial charge in [0.05, 0.1) is 0 Å². The number of hydrogen-bond donors (Lipinski definition) is 1. The Bertz CT molecular complexity index is 730. The number of carbonyl (C=O) groups is 1. The zero-order valence-electron chi connectivity index (χ0n) is 13.6. The molecule has 1 aromatic carbocycles. The summed E-state index contributed by atoms with van der Waals surface area (Å²) in [4.78, 5) is 18.6. The number of halogens is 3. The molecular weight excluding hydrogens is 401 g/mol. The maximum absolute atomic E-state index is 12.5. The maximum atomic E-state index is 12.5. The molecule has 2 heterocycles. The largest absolute Gasteiger partial charge is 0.337 e. The number of benzene rings is 1. The molecule has 0 atom stereocenters. The van der Waals surface area contributed by atoms with E-state index >= 15 is 0 Å². The van der Waals surface area contributed by atoms with Gasteiger partial charge in [-0.1, -0.05) is 23.2 Å². The van der Waals surface area contributed by atoms with E-state index in [1.165, 1.54) is 11.3 Å². The summed E-state index contributed by atoms with van der Waals surface area (Å²) in [5.74, 6) is 0.519. The van der Waals surface area contributed by atoms with Crippen molar-refractivity contribution in [1.29, 1.82) is 0 Å². The molecule has 136 valence electrons. The number of thiazole rings is 1. The highest BCUT2D eigenvalue weighted by molar-refractivity contribution is 7.09. The second-order valence-corrected chi connectivity index (χ2v) is 7.79. The Hall–Kier alpha value is -0.850. The van der Waals surface area contributed by atoms with Gasteiger partial charge in [0.2, 0.25) is 0 Å². The van der Waals surface area contributed by atoms with Gasteiger partial charge >= 0.3 is 0 Å². The smallest absolute Gasteiger partial charge is 0.273 e. The van der Waals surface area contributed by atoms with Gasteiger partial charge in [0.15, 0.2) is 0 Å². The fraction of sp³-hybridized carbons (Fsp3) is 0.412. The summed E-state index contributed by atoms with van der Waals surface area (Å²) in [5.41, 5.74) is 7.15. The molecule has 8 heteroatoms. The van der Waals surface area contributed by atoms with Crippen LogP contribution in [0.3, 0.4) is 0 Å². The molecule has 0 unspecified atom stereocenters. The van der Waals surface area contributed by atoms with Gasteiger partial charge in [-0.3, -0.25) is 4.79 Å². The van der Waals surface area contributed by atoms with Gasteiger partial charge in [-0.2, -0.15) is 0 Å². The van der Waals surface area contributed by atoms with Crippen molar-refractivity contribution < 1.29 is 4.79 Å². The summed E-state index contributed by atoms with van der Waals surface area (Å²) >= 11 is 13.7. The number of amides is 1. The van der Waals surface area contributed by atoms with Gasteiger partial charge in [0.25, 0.3) is 5.91 Å². The Morgan fingerprint density at radius 3 is 2.68 bits per heavy atom. The topological polar surface area (TPSA) is 59.2 Å². The van der Waals surface area contributed by atoms with Crippen molar-refractivity contribution in [2.45, 2.75) is 25.8 Å². The molecule has 25 heavy (non-hydrogen) atoms. The minimum Gasteiger partial charge on any atom is -0.337 e. The van der Waals surface area contributed by atoms with Crippen LogP contribution in [0.4, 0.5) is 0 Å². The standard InChI is InChI=1S/C17H19Cl2N3OS.ClH/c18-13-1-2-14(19)12(8-13)7-11-3-5-22(6-4-11)17(23)15-10-24-16(9-20)21-15;/h1-2,8,10-11H,3-7,9,20H2;1H. The first-order valence-corrected chi connectivity index (χ1v) is 9.58. The van der Waals surface area contributed by atoms with Crippen LogP contribution in [0.5, 0.6) is 0 Å². The first-order chi connectivity index (χ1) is 11.6. The first kappa shape index (κ1) is 20.5. The molecule has 1 aliphatic rings. The van der Waals surface area contributed by atoms with Gasteiger partial charge in [-0.15, -0.1) is 23.7 Å². The molecule has 1 aromatic heterocycles.